The van der Waals surface area contributed by atoms with Crippen LogP contribution in [-0.4, -0.2) is 30.7 Å². The molecule has 3 rings (SSSR count). The number of hydrogen-bond acceptors (Lipinski definition) is 3. The van der Waals surface area contributed by atoms with Crippen LogP contribution in [0.3, 0.4) is 0 Å². The standard InChI is InChI=1S/C18H32N2O2.ClH/c1-17(2)15-14(9-6-12-22-15)18(17,19)16(21)20-11-10-13-7-4-3-5-8-13;/h13-15H,3-12,19H2,1-2H3,(H,20,21);1H. The average molecular weight is 345 g/mol. The van der Waals surface area contributed by atoms with Crippen molar-refractivity contribution in [1.29, 1.82) is 0 Å². The summed E-state index contributed by atoms with van der Waals surface area (Å²) >= 11 is 0. The zero-order valence-corrected chi connectivity index (χ0v) is 15.4. The Kier molecular flexibility index (Phi) is 6.02. The summed E-state index contributed by atoms with van der Waals surface area (Å²) in [4.78, 5) is 12.8. The largest absolute Gasteiger partial charge is 0.377 e. The minimum Gasteiger partial charge on any atom is -0.377 e. The van der Waals surface area contributed by atoms with Crippen LogP contribution in [0.25, 0.3) is 0 Å². The van der Waals surface area contributed by atoms with Crippen LogP contribution in [0.2, 0.25) is 0 Å². The summed E-state index contributed by atoms with van der Waals surface area (Å²) in [7, 11) is 0. The number of halogens is 1. The van der Waals surface area contributed by atoms with Crippen molar-refractivity contribution in [2.45, 2.75) is 76.9 Å². The second-order valence-electron chi connectivity index (χ2n) is 8.18. The molecule has 0 spiro atoms. The first-order valence-electron chi connectivity index (χ1n) is 9.16. The van der Waals surface area contributed by atoms with Gasteiger partial charge in [0, 0.05) is 24.5 Å². The molecule has 0 aromatic heterocycles. The molecule has 0 radical (unpaired) electrons. The third-order valence-electron chi connectivity index (χ3n) is 6.62. The molecule has 3 unspecified atom stereocenters. The van der Waals surface area contributed by atoms with Gasteiger partial charge in [-0.25, -0.2) is 0 Å². The molecule has 1 saturated heterocycles. The van der Waals surface area contributed by atoms with E-state index in [0.29, 0.717) is 0 Å². The molecule has 3 N–H and O–H groups in total. The van der Waals surface area contributed by atoms with E-state index in [0.717, 1.165) is 38.3 Å². The summed E-state index contributed by atoms with van der Waals surface area (Å²) in [5, 5.41) is 3.14. The lowest BCUT2D eigenvalue weighted by Gasteiger charge is -2.65. The number of nitrogens with two attached hydrogens (primary N) is 1. The fourth-order valence-corrected chi connectivity index (χ4v) is 5.05. The monoisotopic (exact) mass is 344 g/mol. The van der Waals surface area contributed by atoms with Gasteiger partial charge in [-0.15, -0.1) is 12.4 Å². The smallest absolute Gasteiger partial charge is 0.241 e. The molecule has 2 aliphatic carbocycles. The van der Waals surface area contributed by atoms with Crippen molar-refractivity contribution in [2.75, 3.05) is 13.2 Å². The maximum absolute atomic E-state index is 12.8. The Balaban J connectivity index is 0.00000192. The molecule has 3 fully saturated rings. The normalized spacial score (nSPS) is 36.3. The molecule has 0 aromatic carbocycles. The fourth-order valence-electron chi connectivity index (χ4n) is 5.05. The second-order valence-corrected chi connectivity index (χ2v) is 8.18. The Morgan fingerprint density at radius 3 is 2.57 bits per heavy atom. The van der Waals surface area contributed by atoms with E-state index in [1.165, 1.54) is 32.1 Å². The highest BCUT2D eigenvalue weighted by atomic mass is 35.5. The summed E-state index contributed by atoms with van der Waals surface area (Å²) in [6.45, 7) is 5.75. The quantitative estimate of drug-likeness (QED) is 0.823. The Morgan fingerprint density at radius 2 is 1.87 bits per heavy atom. The Bertz CT molecular complexity index is 423. The van der Waals surface area contributed by atoms with Gasteiger partial charge in [0.15, 0.2) is 0 Å². The van der Waals surface area contributed by atoms with Crippen LogP contribution in [0.4, 0.5) is 0 Å². The molecule has 2 saturated carbocycles. The van der Waals surface area contributed by atoms with Gasteiger partial charge in [-0.2, -0.15) is 0 Å². The molecule has 0 aromatic rings. The maximum atomic E-state index is 12.8. The lowest BCUT2D eigenvalue weighted by atomic mass is 9.46. The topological polar surface area (TPSA) is 64.3 Å². The summed E-state index contributed by atoms with van der Waals surface area (Å²) in [5.74, 6) is 1.02. The van der Waals surface area contributed by atoms with E-state index in [4.69, 9.17) is 10.5 Å². The molecule has 4 nitrogen and oxygen atoms in total. The van der Waals surface area contributed by atoms with Crippen molar-refractivity contribution in [3.8, 4) is 0 Å². The van der Waals surface area contributed by atoms with Crippen molar-refractivity contribution in [2.24, 2.45) is 23.0 Å². The molecule has 1 heterocycles. The molecule has 5 heteroatoms. The van der Waals surface area contributed by atoms with Gasteiger partial charge in [-0.3, -0.25) is 4.79 Å². The second kappa shape index (κ2) is 7.28. The van der Waals surface area contributed by atoms with Crippen LogP contribution in [0, 0.1) is 17.3 Å². The molecule has 3 atom stereocenters. The van der Waals surface area contributed by atoms with Gasteiger partial charge >= 0.3 is 0 Å². The van der Waals surface area contributed by atoms with Gasteiger partial charge in [-0.05, 0) is 25.2 Å². The lowest BCUT2D eigenvalue weighted by molar-refractivity contribution is -0.225. The van der Waals surface area contributed by atoms with E-state index in [1.807, 2.05) is 0 Å². The van der Waals surface area contributed by atoms with Crippen LogP contribution in [-0.2, 0) is 9.53 Å². The molecule has 3 aliphatic rings. The zero-order chi connectivity index (χ0) is 15.8. The first kappa shape index (κ1) is 19.0. The predicted octanol–water partition coefficient (Wildman–Crippen LogP) is 3.03. The Labute approximate surface area is 146 Å². The summed E-state index contributed by atoms with van der Waals surface area (Å²) in [6, 6.07) is 0. The third-order valence-corrected chi connectivity index (χ3v) is 6.62. The number of carbonyl (C=O) groups excluding carboxylic acids is 1. The number of nitrogens with one attached hydrogen (secondary N) is 1. The van der Waals surface area contributed by atoms with Crippen LogP contribution in [0.1, 0.15) is 65.2 Å². The van der Waals surface area contributed by atoms with Gasteiger partial charge in [0.1, 0.15) is 5.54 Å². The lowest BCUT2D eigenvalue weighted by Crippen LogP contribution is -2.82. The molecule has 0 bridgehead atoms. The predicted molar refractivity (Wildman–Crippen MR) is 94.6 cm³/mol. The highest BCUT2D eigenvalue weighted by Gasteiger charge is 2.70. The highest BCUT2D eigenvalue weighted by Crippen LogP contribution is 2.57. The maximum Gasteiger partial charge on any atom is 0.241 e. The molecular weight excluding hydrogens is 312 g/mol. The van der Waals surface area contributed by atoms with E-state index >= 15 is 0 Å². The van der Waals surface area contributed by atoms with E-state index in [9.17, 15) is 4.79 Å². The van der Waals surface area contributed by atoms with Crippen LogP contribution in [0.5, 0.6) is 0 Å². The minimum atomic E-state index is -0.759. The highest BCUT2D eigenvalue weighted by molar-refractivity contribution is 5.89. The van der Waals surface area contributed by atoms with Crippen molar-refractivity contribution < 1.29 is 9.53 Å². The van der Waals surface area contributed by atoms with E-state index in [2.05, 4.69) is 19.2 Å². The fraction of sp³-hybridized carbons (Fsp3) is 0.944. The van der Waals surface area contributed by atoms with E-state index < -0.39 is 5.54 Å². The van der Waals surface area contributed by atoms with Gasteiger partial charge in [0.05, 0.1) is 6.10 Å². The number of amides is 1. The Hall–Kier alpha value is -0.320. The first-order chi connectivity index (χ1) is 10.5. The SMILES string of the molecule is CC1(C)C2OCCCC2C1(N)C(=O)NCCC1CCCCC1.Cl. The van der Waals surface area contributed by atoms with Crippen molar-refractivity contribution in [3.05, 3.63) is 0 Å². The van der Waals surface area contributed by atoms with Gasteiger partial charge in [-0.1, -0.05) is 46.0 Å². The number of fused-ring (bicyclic) bond motifs is 1. The molecule has 134 valence electrons. The summed E-state index contributed by atoms with van der Waals surface area (Å²) in [6.07, 6.45) is 10.0. The van der Waals surface area contributed by atoms with Crippen LogP contribution >= 0.6 is 12.4 Å². The van der Waals surface area contributed by atoms with Crippen LogP contribution < -0.4 is 11.1 Å². The van der Waals surface area contributed by atoms with Gasteiger partial charge in [0.2, 0.25) is 5.91 Å². The van der Waals surface area contributed by atoms with Gasteiger partial charge in [0.25, 0.3) is 0 Å². The average Bonchev–Trinajstić information content (AvgIpc) is 2.55. The molecule has 23 heavy (non-hydrogen) atoms. The first-order valence-corrected chi connectivity index (χ1v) is 9.16. The molecular formula is C18H33ClN2O2. The number of ether oxygens (including phenoxy) is 1. The van der Waals surface area contributed by atoms with Crippen molar-refractivity contribution in [1.82, 2.24) is 5.32 Å². The molecule has 1 amide bonds. The minimum absolute atomic E-state index is 0. The van der Waals surface area contributed by atoms with E-state index in [-0.39, 0.29) is 35.8 Å². The summed E-state index contributed by atoms with van der Waals surface area (Å²) in [5.41, 5.74) is 5.58. The number of rotatable bonds is 4. The van der Waals surface area contributed by atoms with Crippen molar-refractivity contribution >= 4 is 18.3 Å². The molecule has 1 aliphatic heterocycles. The van der Waals surface area contributed by atoms with Crippen molar-refractivity contribution in [3.63, 3.8) is 0 Å². The zero-order valence-electron chi connectivity index (χ0n) is 14.6. The van der Waals surface area contributed by atoms with Crippen LogP contribution in [0.15, 0.2) is 0 Å². The van der Waals surface area contributed by atoms with E-state index in [1.54, 1.807) is 0 Å². The summed E-state index contributed by atoms with van der Waals surface area (Å²) < 4.78 is 5.88. The van der Waals surface area contributed by atoms with Gasteiger partial charge < -0.3 is 15.8 Å². The number of hydrogen-bond donors (Lipinski definition) is 2. The number of carbonyl (C=O) groups is 1. The third kappa shape index (κ3) is 3.14. The Morgan fingerprint density at radius 1 is 1.17 bits per heavy atom.